The smallest absolute Gasteiger partial charge is 0.0655 e. The molecule has 0 aromatic heterocycles. The summed E-state index contributed by atoms with van der Waals surface area (Å²) < 4.78 is 1.55. The van der Waals surface area contributed by atoms with E-state index in [1.54, 1.807) is 0 Å². The minimum absolute atomic E-state index is 0.320. The van der Waals surface area contributed by atoms with Crippen molar-refractivity contribution < 1.29 is 0 Å². The van der Waals surface area contributed by atoms with Crippen molar-refractivity contribution >= 4 is 45.2 Å². The first-order valence-electron chi connectivity index (χ1n) is 3.62. The van der Waals surface area contributed by atoms with Crippen LogP contribution in [0.2, 0.25) is 0 Å². The molecule has 11 heavy (non-hydrogen) atoms. The molecule has 0 aliphatic carbocycles. The lowest BCUT2D eigenvalue weighted by Gasteiger charge is -2.30. The van der Waals surface area contributed by atoms with Gasteiger partial charge in [-0.25, -0.2) is 0 Å². The van der Waals surface area contributed by atoms with Gasteiger partial charge in [-0.2, -0.15) is 0 Å². The third-order valence-electron chi connectivity index (χ3n) is 1.61. The van der Waals surface area contributed by atoms with Gasteiger partial charge in [-0.05, 0) is 7.05 Å². The van der Waals surface area contributed by atoms with Crippen LogP contribution >= 0.6 is 45.2 Å². The molecule has 0 radical (unpaired) electrons. The fourth-order valence-electron chi connectivity index (χ4n) is 0.850. The molecular weight excluding hydrogens is 366 g/mol. The molecule has 0 aliphatic rings. The van der Waals surface area contributed by atoms with E-state index in [0.717, 1.165) is 11.1 Å². The summed E-state index contributed by atoms with van der Waals surface area (Å²) >= 11 is 4.76. The van der Waals surface area contributed by atoms with E-state index in [0.29, 0.717) is 9.46 Å². The van der Waals surface area contributed by atoms with Crippen molar-refractivity contribution in [2.45, 2.75) is 17.9 Å². The van der Waals surface area contributed by atoms with Crippen LogP contribution < -0.4 is 10.6 Å². The second-order valence-electron chi connectivity index (χ2n) is 3.20. The van der Waals surface area contributed by atoms with Gasteiger partial charge in [0.2, 0.25) is 0 Å². The van der Waals surface area contributed by atoms with Gasteiger partial charge < -0.3 is 10.6 Å². The maximum Gasteiger partial charge on any atom is 0.0655 e. The Bertz CT molecular complexity index is 107. The Morgan fingerprint density at radius 3 is 2.36 bits per heavy atom. The van der Waals surface area contributed by atoms with E-state index >= 15 is 0 Å². The normalized spacial score (nSPS) is 15.0. The second kappa shape index (κ2) is 5.93. The van der Waals surface area contributed by atoms with Gasteiger partial charge in [-0.1, -0.05) is 59.0 Å². The topological polar surface area (TPSA) is 24.1 Å². The largest absolute Gasteiger partial charge is 0.308 e. The summed E-state index contributed by atoms with van der Waals surface area (Å²) in [5.74, 6) is 0. The van der Waals surface area contributed by atoms with E-state index < -0.39 is 0 Å². The summed E-state index contributed by atoms with van der Waals surface area (Å²) in [6.07, 6.45) is 0. The Labute approximate surface area is 96.6 Å². The van der Waals surface area contributed by atoms with E-state index in [4.69, 9.17) is 0 Å². The molecule has 0 aromatic rings. The van der Waals surface area contributed by atoms with Gasteiger partial charge in [0.1, 0.15) is 0 Å². The van der Waals surface area contributed by atoms with E-state index in [1.807, 2.05) is 7.05 Å². The van der Waals surface area contributed by atoms with Gasteiger partial charge in [0.15, 0.2) is 0 Å². The van der Waals surface area contributed by atoms with Crippen molar-refractivity contribution in [2.24, 2.45) is 5.41 Å². The number of hydrogen-bond acceptors (Lipinski definition) is 2. The van der Waals surface area contributed by atoms with E-state index in [1.165, 1.54) is 0 Å². The first-order valence-corrected chi connectivity index (χ1v) is 6.39. The lowest BCUT2D eigenvalue weighted by Crippen LogP contribution is -2.41. The van der Waals surface area contributed by atoms with Crippen LogP contribution in [0.15, 0.2) is 0 Å². The average molecular weight is 382 g/mol. The molecule has 0 saturated heterocycles. The summed E-state index contributed by atoms with van der Waals surface area (Å²) in [6, 6.07) is 0. The third-order valence-corrected chi connectivity index (χ3v) is 4.46. The lowest BCUT2D eigenvalue weighted by molar-refractivity contribution is 0.326. The fraction of sp³-hybridized carbons (Fsp3) is 1.00. The van der Waals surface area contributed by atoms with Crippen LogP contribution in [0, 0.1) is 5.41 Å². The van der Waals surface area contributed by atoms with Crippen molar-refractivity contribution in [1.82, 2.24) is 10.6 Å². The highest BCUT2D eigenvalue weighted by Crippen LogP contribution is 2.23. The lowest BCUT2D eigenvalue weighted by atomic mass is 9.94. The fourth-order valence-corrected chi connectivity index (χ4v) is 1.34. The van der Waals surface area contributed by atoms with Crippen molar-refractivity contribution in [1.29, 1.82) is 0 Å². The minimum atomic E-state index is 0.320. The monoisotopic (exact) mass is 382 g/mol. The number of rotatable bonds is 5. The number of halogens is 2. The van der Waals surface area contributed by atoms with Crippen LogP contribution in [0.25, 0.3) is 0 Å². The van der Waals surface area contributed by atoms with Crippen molar-refractivity contribution in [3.63, 3.8) is 0 Å². The average Bonchev–Trinajstić information content (AvgIpc) is 1.99. The summed E-state index contributed by atoms with van der Waals surface area (Å²) in [7, 11) is 2.00. The van der Waals surface area contributed by atoms with Gasteiger partial charge in [-0.3, -0.25) is 0 Å². The summed E-state index contributed by atoms with van der Waals surface area (Å²) in [5.41, 5.74) is 0.320. The highest BCUT2D eigenvalue weighted by Gasteiger charge is 2.24. The molecule has 2 nitrogen and oxygen atoms in total. The van der Waals surface area contributed by atoms with Crippen molar-refractivity contribution in [3.8, 4) is 0 Å². The van der Waals surface area contributed by atoms with Gasteiger partial charge in [0.05, 0.1) is 4.05 Å². The Balaban J connectivity index is 3.77. The molecule has 68 valence electrons. The zero-order valence-electron chi connectivity index (χ0n) is 7.25. The molecule has 0 heterocycles. The van der Waals surface area contributed by atoms with E-state index in [-0.39, 0.29) is 0 Å². The SMILES string of the molecule is CNC(I)C(C)(C)CNCI. The third kappa shape index (κ3) is 4.84. The highest BCUT2D eigenvalue weighted by molar-refractivity contribution is 14.1. The van der Waals surface area contributed by atoms with Crippen LogP contribution in [0.5, 0.6) is 0 Å². The molecule has 0 bridgehead atoms. The summed E-state index contributed by atoms with van der Waals surface area (Å²) in [6.45, 7) is 5.59. The molecule has 0 rings (SSSR count). The number of nitrogens with one attached hydrogen (secondary N) is 2. The first-order chi connectivity index (χ1) is 5.04. The molecule has 2 N–H and O–H groups in total. The Morgan fingerprint density at radius 1 is 1.45 bits per heavy atom. The molecule has 0 aromatic carbocycles. The molecular formula is C7H16I2N2. The number of alkyl halides is 2. The zero-order valence-corrected chi connectivity index (χ0v) is 11.6. The maximum atomic E-state index is 3.35. The van der Waals surface area contributed by atoms with Gasteiger partial charge >= 0.3 is 0 Å². The van der Waals surface area contributed by atoms with Crippen molar-refractivity contribution in [2.75, 3.05) is 18.1 Å². The molecule has 0 aliphatic heterocycles. The standard InChI is InChI=1S/C7H16I2N2/c1-7(2,4-11-5-8)6(9)10-3/h6,10-11H,4-5H2,1-3H3. The predicted octanol–water partition coefficient (Wildman–Crippen LogP) is 1.98. The molecule has 0 fully saturated rings. The highest BCUT2D eigenvalue weighted by atomic mass is 127. The van der Waals surface area contributed by atoms with Gasteiger partial charge in [-0.15, -0.1) is 0 Å². The van der Waals surface area contributed by atoms with Crippen LogP contribution in [-0.4, -0.2) is 22.2 Å². The number of hydrogen-bond donors (Lipinski definition) is 2. The molecule has 1 unspecified atom stereocenters. The molecule has 4 heteroatoms. The molecule has 0 amide bonds. The van der Waals surface area contributed by atoms with Crippen LogP contribution in [0.3, 0.4) is 0 Å². The van der Waals surface area contributed by atoms with E-state index in [9.17, 15) is 0 Å². The van der Waals surface area contributed by atoms with Gasteiger partial charge in [0, 0.05) is 16.5 Å². The van der Waals surface area contributed by atoms with Crippen LogP contribution in [0.4, 0.5) is 0 Å². The molecule has 0 spiro atoms. The first kappa shape index (κ1) is 12.4. The Kier molecular flexibility index (Phi) is 6.67. The quantitative estimate of drug-likeness (QED) is 0.432. The Morgan fingerprint density at radius 2 is 2.00 bits per heavy atom. The van der Waals surface area contributed by atoms with Crippen molar-refractivity contribution in [3.05, 3.63) is 0 Å². The zero-order chi connectivity index (χ0) is 8.91. The predicted molar refractivity (Wildman–Crippen MR) is 67.5 cm³/mol. The van der Waals surface area contributed by atoms with E-state index in [2.05, 4.69) is 69.7 Å². The molecule has 0 saturated carbocycles. The second-order valence-corrected chi connectivity index (χ2v) is 5.21. The minimum Gasteiger partial charge on any atom is -0.308 e. The van der Waals surface area contributed by atoms with Gasteiger partial charge in [0.25, 0.3) is 0 Å². The maximum absolute atomic E-state index is 3.35. The van der Waals surface area contributed by atoms with Crippen LogP contribution in [0.1, 0.15) is 13.8 Å². The summed E-state index contributed by atoms with van der Waals surface area (Å²) in [5, 5.41) is 6.60. The van der Waals surface area contributed by atoms with Crippen LogP contribution in [-0.2, 0) is 0 Å². The Hall–Kier alpha value is 1.38. The molecule has 1 atom stereocenters. The summed E-state index contributed by atoms with van der Waals surface area (Å²) in [4.78, 5) is 0.